The Morgan fingerprint density at radius 2 is 2.00 bits per heavy atom. The van der Waals surface area contributed by atoms with Crippen molar-refractivity contribution in [1.82, 2.24) is 9.97 Å². The van der Waals surface area contributed by atoms with Crippen molar-refractivity contribution in [2.75, 3.05) is 7.11 Å². The molecule has 0 amide bonds. The van der Waals surface area contributed by atoms with Gasteiger partial charge in [-0.15, -0.1) is 4.21 Å². The molecule has 0 N–H and O–H groups in total. The lowest BCUT2D eigenvalue weighted by Crippen LogP contribution is -2.18. The molecular formula is C15H18N2O3S. The highest BCUT2D eigenvalue weighted by Gasteiger charge is 2.28. The van der Waals surface area contributed by atoms with Crippen LogP contribution in [0.5, 0.6) is 5.75 Å². The van der Waals surface area contributed by atoms with Gasteiger partial charge in [-0.3, -0.25) is 0 Å². The predicted molar refractivity (Wildman–Crippen MR) is 80.0 cm³/mol. The number of benzene rings is 1. The number of hydrogen-bond donors (Lipinski definition) is 0. The first-order valence-electron chi connectivity index (χ1n) is 6.49. The zero-order chi connectivity index (χ0) is 15.6. The van der Waals surface area contributed by atoms with E-state index in [1.54, 1.807) is 33.1 Å². The van der Waals surface area contributed by atoms with Crippen LogP contribution >= 0.6 is 0 Å². The molecule has 1 atom stereocenters. The molecule has 6 heteroatoms. The van der Waals surface area contributed by atoms with E-state index in [0.29, 0.717) is 21.9 Å². The molecular weight excluding hydrogens is 288 g/mol. The van der Waals surface area contributed by atoms with E-state index in [1.807, 2.05) is 6.92 Å². The molecule has 0 fully saturated rings. The van der Waals surface area contributed by atoms with Crippen LogP contribution in [0.15, 0.2) is 29.6 Å². The second kappa shape index (κ2) is 5.91. The molecule has 0 aliphatic rings. The maximum Gasteiger partial charge on any atom is 0.162 e. The minimum Gasteiger partial charge on any atom is -0.610 e. The second-order valence-electron chi connectivity index (χ2n) is 4.93. The van der Waals surface area contributed by atoms with Gasteiger partial charge >= 0.3 is 0 Å². The summed E-state index contributed by atoms with van der Waals surface area (Å²) in [7, 11) is -1.89. The number of nitrogens with zero attached hydrogens (tertiary/aromatic N) is 2. The Hall–Kier alpha value is -1.79. The van der Waals surface area contributed by atoms with Gasteiger partial charge in [0.1, 0.15) is 12.1 Å². The molecule has 0 aliphatic carbocycles. The van der Waals surface area contributed by atoms with Crippen molar-refractivity contribution in [3.63, 3.8) is 0 Å². The molecule has 0 saturated heterocycles. The van der Waals surface area contributed by atoms with Gasteiger partial charge in [-0.2, -0.15) is 0 Å². The van der Waals surface area contributed by atoms with E-state index in [0.717, 1.165) is 11.1 Å². The third-order valence-electron chi connectivity index (χ3n) is 3.49. The molecule has 1 aromatic carbocycles. The van der Waals surface area contributed by atoms with Gasteiger partial charge in [0.25, 0.3) is 0 Å². The number of ether oxygens (including phenoxy) is 1. The van der Waals surface area contributed by atoms with Crippen molar-refractivity contribution in [1.29, 1.82) is 0 Å². The molecule has 2 rings (SSSR count). The number of hydrogen-bond acceptors (Lipinski definition) is 5. The van der Waals surface area contributed by atoms with Gasteiger partial charge in [0.15, 0.2) is 10.6 Å². The van der Waals surface area contributed by atoms with Crippen molar-refractivity contribution in [2.24, 2.45) is 0 Å². The molecule has 1 unspecified atom stereocenters. The van der Waals surface area contributed by atoms with Crippen LogP contribution in [0.2, 0.25) is 0 Å². The van der Waals surface area contributed by atoms with Crippen LogP contribution in [0.3, 0.4) is 0 Å². The number of methoxy groups -OCH3 is 1. The molecule has 0 bridgehead atoms. The van der Waals surface area contributed by atoms with Crippen LogP contribution in [-0.2, 0) is 20.2 Å². The molecule has 0 spiro atoms. The average Bonchev–Trinajstić information content (AvgIpc) is 2.43. The lowest BCUT2D eigenvalue weighted by molar-refractivity contribution is 0.410. The molecule has 1 heterocycles. The number of sulfone groups is 1. The highest BCUT2D eigenvalue weighted by atomic mass is 32.3. The number of aromatic nitrogens is 2. The first-order chi connectivity index (χ1) is 9.86. The van der Waals surface area contributed by atoms with Gasteiger partial charge in [-0.25, -0.2) is 9.97 Å². The van der Waals surface area contributed by atoms with Gasteiger partial charge in [-0.05, 0) is 38.5 Å². The van der Waals surface area contributed by atoms with E-state index >= 15 is 0 Å². The summed E-state index contributed by atoms with van der Waals surface area (Å²) in [5.74, 6) is 0.564. The van der Waals surface area contributed by atoms with Gasteiger partial charge in [0, 0.05) is 17.3 Å². The highest BCUT2D eigenvalue weighted by molar-refractivity contribution is 7.97. The fourth-order valence-corrected chi connectivity index (χ4v) is 4.26. The summed E-state index contributed by atoms with van der Waals surface area (Å²) in [6.07, 6.45) is 2.89. The summed E-state index contributed by atoms with van der Waals surface area (Å²) >= 11 is 0. The average molecular weight is 306 g/mol. The maximum atomic E-state index is 12.7. The smallest absolute Gasteiger partial charge is 0.162 e. The first kappa shape index (κ1) is 15.6. The summed E-state index contributed by atoms with van der Waals surface area (Å²) in [6.45, 7) is 5.44. The minimum absolute atomic E-state index is 0.136. The summed E-state index contributed by atoms with van der Waals surface area (Å²) in [4.78, 5) is 8.15. The Kier molecular flexibility index (Phi) is 4.39. The fourth-order valence-electron chi connectivity index (χ4n) is 2.38. The van der Waals surface area contributed by atoms with Crippen molar-refractivity contribution in [3.05, 3.63) is 47.0 Å². The summed E-state index contributed by atoms with van der Waals surface area (Å²) < 4.78 is 30.7. The molecule has 21 heavy (non-hydrogen) atoms. The van der Waals surface area contributed by atoms with Crippen LogP contribution < -0.4 is 4.74 Å². The maximum absolute atomic E-state index is 12.7. The molecule has 1 aromatic heterocycles. The molecule has 0 radical (unpaired) electrons. The van der Waals surface area contributed by atoms with Crippen molar-refractivity contribution in [3.8, 4) is 5.75 Å². The van der Waals surface area contributed by atoms with E-state index in [4.69, 9.17) is 4.74 Å². The quantitative estimate of drug-likeness (QED) is 0.812. The lowest BCUT2D eigenvalue weighted by Gasteiger charge is -2.20. The first-order valence-corrected chi connectivity index (χ1v) is 8.14. The zero-order valence-electron chi connectivity index (χ0n) is 12.5. The van der Waals surface area contributed by atoms with Crippen LogP contribution in [0, 0.1) is 20.8 Å². The van der Waals surface area contributed by atoms with E-state index in [9.17, 15) is 8.76 Å². The Bertz CT molecular complexity index is 702. The van der Waals surface area contributed by atoms with E-state index in [1.165, 1.54) is 12.5 Å². The van der Waals surface area contributed by atoms with Crippen LogP contribution in [0.1, 0.15) is 22.4 Å². The van der Waals surface area contributed by atoms with E-state index in [2.05, 4.69) is 9.97 Å². The zero-order valence-corrected chi connectivity index (χ0v) is 13.4. The van der Waals surface area contributed by atoms with Crippen LogP contribution in [0.4, 0.5) is 0 Å². The van der Waals surface area contributed by atoms with Crippen molar-refractivity contribution < 1.29 is 13.5 Å². The van der Waals surface area contributed by atoms with Crippen molar-refractivity contribution >= 4 is 10.2 Å². The van der Waals surface area contributed by atoms with Crippen LogP contribution in [0.25, 0.3) is 0 Å². The minimum atomic E-state index is -3.47. The molecule has 5 nitrogen and oxygen atoms in total. The Morgan fingerprint density at radius 1 is 1.29 bits per heavy atom. The van der Waals surface area contributed by atoms with Crippen molar-refractivity contribution in [2.45, 2.75) is 31.4 Å². The highest BCUT2D eigenvalue weighted by Crippen LogP contribution is 2.34. The van der Waals surface area contributed by atoms with E-state index < -0.39 is 10.2 Å². The lowest BCUT2D eigenvalue weighted by atomic mass is 10.1. The third-order valence-corrected chi connectivity index (χ3v) is 5.42. The summed E-state index contributed by atoms with van der Waals surface area (Å²) in [5, 5.41) is 0. The summed E-state index contributed by atoms with van der Waals surface area (Å²) in [5.41, 5.74) is 2.73. The number of aryl methyl sites for hydroxylation is 1. The standard InChI is InChI=1S/C15H18N2O3S/c1-10-7-14(20-4)11(2)12(3)15(10)21(18,19)8-13-5-6-16-9-17-13/h5-7,9H,8H2,1-4H3. The topological polar surface area (TPSA) is 75.1 Å². The SMILES string of the molecule is COc1cc(C)c([S+](=O)([O-])Cc2ccncn2)c(C)c1C. The molecule has 2 aromatic rings. The number of rotatable bonds is 4. The Balaban J connectivity index is 2.50. The normalized spacial score (nSPS) is 13.8. The van der Waals surface area contributed by atoms with Gasteiger partial charge in [-0.1, -0.05) is 0 Å². The summed E-state index contributed by atoms with van der Waals surface area (Å²) in [6, 6.07) is 3.37. The van der Waals surface area contributed by atoms with Gasteiger partial charge < -0.3 is 9.29 Å². The molecule has 0 aliphatic heterocycles. The van der Waals surface area contributed by atoms with E-state index in [-0.39, 0.29) is 5.75 Å². The van der Waals surface area contributed by atoms with Gasteiger partial charge in [0.2, 0.25) is 0 Å². The second-order valence-corrected chi connectivity index (χ2v) is 6.86. The molecule has 0 saturated carbocycles. The monoisotopic (exact) mass is 306 g/mol. The fraction of sp³-hybridized carbons (Fsp3) is 0.333. The molecule has 112 valence electrons. The Morgan fingerprint density at radius 3 is 2.57 bits per heavy atom. The Labute approximate surface area is 125 Å². The van der Waals surface area contributed by atoms with Crippen LogP contribution in [-0.4, -0.2) is 21.6 Å². The largest absolute Gasteiger partial charge is 0.610 e. The third kappa shape index (κ3) is 3.11. The predicted octanol–water partition coefficient (Wildman–Crippen LogP) is 2.60. The van der Waals surface area contributed by atoms with Gasteiger partial charge in [0.05, 0.1) is 23.0 Å².